The summed E-state index contributed by atoms with van der Waals surface area (Å²) < 4.78 is 11.7. The topological polar surface area (TPSA) is 30.5 Å². The Morgan fingerprint density at radius 1 is 1.14 bits per heavy atom. The van der Waals surface area contributed by atoms with Gasteiger partial charge in [0.05, 0.1) is 13.2 Å². The Morgan fingerprint density at radius 3 is 2.48 bits per heavy atom. The zero-order valence-corrected chi connectivity index (χ0v) is 13.7. The van der Waals surface area contributed by atoms with E-state index in [9.17, 15) is 0 Å². The second-order valence-corrected chi connectivity index (χ2v) is 5.92. The van der Waals surface area contributed by atoms with Crippen LogP contribution in [0.2, 0.25) is 0 Å². The number of hydrogen-bond acceptors (Lipinski definition) is 3. The Balaban J connectivity index is 2.08. The van der Waals surface area contributed by atoms with Crippen molar-refractivity contribution in [3.63, 3.8) is 0 Å². The normalized spacial score (nSPS) is 18.0. The second-order valence-electron chi connectivity index (χ2n) is 5.92. The summed E-state index contributed by atoms with van der Waals surface area (Å²) in [4.78, 5) is 0. The van der Waals surface area contributed by atoms with E-state index in [2.05, 4.69) is 37.4 Å². The first-order valence-electron chi connectivity index (χ1n) is 8.32. The van der Waals surface area contributed by atoms with Crippen LogP contribution in [0.4, 0.5) is 0 Å². The van der Waals surface area contributed by atoms with Crippen LogP contribution in [0.25, 0.3) is 0 Å². The molecule has 1 aliphatic carbocycles. The molecule has 1 aromatic carbocycles. The lowest BCUT2D eigenvalue weighted by Crippen LogP contribution is -2.18. The first-order chi connectivity index (χ1) is 10.2. The first kappa shape index (κ1) is 16.2. The van der Waals surface area contributed by atoms with Crippen molar-refractivity contribution in [2.45, 2.75) is 64.5 Å². The van der Waals surface area contributed by atoms with E-state index >= 15 is 0 Å². The molecule has 1 saturated carbocycles. The Kier molecular flexibility index (Phi) is 6.37. The van der Waals surface area contributed by atoms with Gasteiger partial charge in [-0.1, -0.05) is 25.8 Å². The van der Waals surface area contributed by atoms with Crippen molar-refractivity contribution >= 4 is 0 Å². The summed E-state index contributed by atoms with van der Waals surface area (Å²) in [5, 5.41) is 3.43. The lowest BCUT2D eigenvalue weighted by Gasteiger charge is -2.20. The van der Waals surface area contributed by atoms with Gasteiger partial charge in [-0.3, -0.25) is 0 Å². The summed E-state index contributed by atoms with van der Waals surface area (Å²) in [5.41, 5.74) is 1.24. The SMILES string of the molecule is CCNC(C)c1ccc(OC2CCCCCC2)c(OC)c1. The fourth-order valence-corrected chi connectivity index (χ4v) is 3.01. The zero-order valence-electron chi connectivity index (χ0n) is 13.7. The first-order valence-corrected chi connectivity index (χ1v) is 8.32. The molecule has 1 N–H and O–H groups in total. The number of nitrogens with one attached hydrogen (secondary N) is 1. The number of benzene rings is 1. The van der Waals surface area contributed by atoms with Gasteiger partial charge in [-0.25, -0.2) is 0 Å². The van der Waals surface area contributed by atoms with Crippen LogP contribution in [0.5, 0.6) is 11.5 Å². The molecule has 2 rings (SSSR count). The van der Waals surface area contributed by atoms with Gasteiger partial charge in [0, 0.05) is 6.04 Å². The van der Waals surface area contributed by atoms with E-state index in [0.29, 0.717) is 12.1 Å². The molecule has 1 aromatic rings. The maximum atomic E-state index is 6.21. The lowest BCUT2D eigenvalue weighted by atomic mass is 10.1. The third-order valence-corrected chi connectivity index (χ3v) is 4.29. The van der Waals surface area contributed by atoms with E-state index in [1.54, 1.807) is 7.11 Å². The fourth-order valence-electron chi connectivity index (χ4n) is 3.01. The molecule has 0 spiro atoms. The summed E-state index contributed by atoms with van der Waals surface area (Å²) in [6, 6.07) is 6.63. The van der Waals surface area contributed by atoms with Gasteiger partial charge in [0.1, 0.15) is 0 Å². The van der Waals surface area contributed by atoms with Crippen LogP contribution in [0.15, 0.2) is 18.2 Å². The van der Waals surface area contributed by atoms with Crippen LogP contribution in [-0.4, -0.2) is 19.8 Å². The fraction of sp³-hybridized carbons (Fsp3) is 0.667. The molecule has 1 fully saturated rings. The molecule has 0 bridgehead atoms. The molecule has 0 aromatic heterocycles. The minimum absolute atomic E-state index is 0.329. The van der Waals surface area contributed by atoms with Crippen molar-refractivity contribution < 1.29 is 9.47 Å². The minimum atomic E-state index is 0.329. The largest absolute Gasteiger partial charge is 0.493 e. The van der Waals surface area contributed by atoms with E-state index in [1.807, 2.05) is 0 Å². The molecule has 118 valence electrons. The standard InChI is InChI=1S/C18H29NO2/c1-4-19-14(2)15-11-12-17(18(13-15)20-3)21-16-9-7-5-6-8-10-16/h11-14,16,19H,4-10H2,1-3H3. The quantitative estimate of drug-likeness (QED) is 0.785. The van der Waals surface area contributed by atoms with Gasteiger partial charge in [-0.2, -0.15) is 0 Å². The average molecular weight is 291 g/mol. The summed E-state index contributed by atoms with van der Waals surface area (Å²) >= 11 is 0. The molecule has 3 nitrogen and oxygen atoms in total. The molecular weight excluding hydrogens is 262 g/mol. The highest BCUT2D eigenvalue weighted by molar-refractivity contribution is 5.44. The van der Waals surface area contributed by atoms with Crippen LogP contribution in [0, 0.1) is 0 Å². The van der Waals surface area contributed by atoms with Crippen LogP contribution in [0.1, 0.15) is 64.0 Å². The minimum Gasteiger partial charge on any atom is -0.493 e. The Hall–Kier alpha value is -1.22. The third-order valence-electron chi connectivity index (χ3n) is 4.29. The Bertz CT molecular complexity index is 425. The van der Waals surface area contributed by atoms with Crippen LogP contribution in [0.3, 0.4) is 0 Å². The Labute approximate surface area is 129 Å². The number of ether oxygens (including phenoxy) is 2. The molecule has 0 amide bonds. The maximum absolute atomic E-state index is 6.21. The van der Waals surface area contributed by atoms with E-state index < -0.39 is 0 Å². The van der Waals surface area contributed by atoms with Crippen molar-refractivity contribution in [3.05, 3.63) is 23.8 Å². The number of rotatable bonds is 6. The summed E-state index contributed by atoms with van der Waals surface area (Å²) in [6.45, 7) is 5.26. The van der Waals surface area contributed by atoms with Crippen molar-refractivity contribution in [3.8, 4) is 11.5 Å². The highest BCUT2D eigenvalue weighted by atomic mass is 16.5. The molecule has 1 atom stereocenters. The van der Waals surface area contributed by atoms with E-state index in [0.717, 1.165) is 18.0 Å². The van der Waals surface area contributed by atoms with E-state index in [1.165, 1.54) is 44.1 Å². The molecule has 0 aliphatic heterocycles. The highest BCUT2D eigenvalue weighted by Gasteiger charge is 2.17. The average Bonchev–Trinajstić information content (AvgIpc) is 2.76. The number of methoxy groups -OCH3 is 1. The number of hydrogen-bond donors (Lipinski definition) is 1. The van der Waals surface area contributed by atoms with Crippen molar-refractivity contribution in [1.29, 1.82) is 0 Å². The lowest BCUT2D eigenvalue weighted by molar-refractivity contribution is 0.176. The van der Waals surface area contributed by atoms with E-state index in [4.69, 9.17) is 9.47 Å². The molecule has 0 heterocycles. The van der Waals surface area contributed by atoms with Gasteiger partial charge >= 0.3 is 0 Å². The van der Waals surface area contributed by atoms with Gasteiger partial charge in [-0.05, 0) is 56.8 Å². The van der Waals surface area contributed by atoms with Crippen LogP contribution >= 0.6 is 0 Å². The molecule has 1 unspecified atom stereocenters. The van der Waals surface area contributed by atoms with Crippen molar-refractivity contribution in [2.75, 3.05) is 13.7 Å². The van der Waals surface area contributed by atoms with E-state index in [-0.39, 0.29) is 0 Å². The van der Waals surface area contributed by atoms with Crippen molar-refractivity contribution in [1.82, 2.24) is 5.32 Å². The molecule has 0 saturated heterocycles. The predicted octanol–water partition coefficient (Wildman–Crippen LogP) is 4.47. The third kappa shape index (κ3) is 4.63. The monoisotopic (exact) mass is 291 g/mol. The van der Waals surface area contributed by atoms with Gasteiger partial charge in [0.15, 0.2) is 11.5 Å². The smallest absolute Gasteiger partial charge is 0.161 e. The molecule has 3 heteroatoms. The summed E-state index contributed by atoms with van der Waals surface area (Å²) in [6.07, 6.45) is 7.92. The van der Waals surface area contributed by atoms with Gasteiger partial charge < -0.3 is 14.8 Å². The van der Waals surface area contributed by atoms with Crippen LogP contribution in [-0.2, 0) is 0 Å². The Morgan fingerprint density at radius 2 is 1.86 bits per heavy atom. The van der Waals surface area contributed by atoms with Gasteiger partial charge in [-0.15, -0.1) is 0 Å². The molecule has 1 aliphatic rings. The van der Waals surface area contributed by atoms with Crippen molar-refractivity contribution in [2.24, 2.45) is 0 Å². The maximum Gasteiger partial charge on any atom is 0.161 e. The van der Waals surface area contributed by atoms with Crippen LogP contribution < -0.4 is 14.8 Å². The molecule has 0 radical (unpaired) electrons. The summed E-state index contributed by atoms with van der Waals surface area (Å²) in [5.74, 6) is 1.73. The zero-order chi connectivity index (χ0) is 15.1. The molecular formula is C18H29NO2. The highest BCUT2D eigenvalue weighted by Crippen LogP contribution is 2.33. The van der Waals surface area contributed by atoms with Gasteiger partial charge in [0.2, 0.25) is 0 Å². The van der Waals surface area contributed by atoms with Gasteiger partial charge in [0.25, 0.3) is 0 Å². The summed E-state index contributed by atoms with van der Waals surface area (Å²) in [7, 11) is 1.72. The second kappa shape index (κ2) is 8.28. The predicted molar refractivity (Wildman–Crippen MR) is 87.2 cm³/mol. The molecule has 21 heavy (non-hydrogen) atoms.